The van der Waals surface area contributed by atoms with Crippen LogP contribution in [0.5, 0.6) is 0 Å². The van der Waals surface area contributed by atoms with Gasteiger partial charge in [-0.3, -0.25) is 10.1 Å². The quantitative estimate of drug-likeness (QED) is 0.565. The number of rotatable bonds is 1. The molecule has 0 aliphatic carbocycles. The summed E-state index contributed by atoms with van der Waals surface area (Å²) >= 11 is 0. The predicted octanol–water partition coefficient (Wildman–Crippen LogP) is 2.81. The molecule has 15 heavy (non-hydrogen) atoms. The fourth-order valence-electron chi connectivity index (χ4n) is 1.60. The summed E-state index contributed by atoms with van der Waals surface area (Å²) in [4.78, 5) is 10.2. The van der Waals surface area contributed by atoms with Crippen LogP contribution in [-0.2, 0) is 0 Å². The first-order chi connectivity index (χ1) is 6.98. The largest absolute Gasteiger partial charge is 0.376 e. The number of anilines is 1. The lowest BCUT2D eigenvalue weighted by molar-refractivity contribution is -0.384. The van der Waals surface area contributed by atoms with Crippen molar-refractivity contribution in [3.05, 3.63) is 40.0 Å². The summed E-state index contributed by atoms with van der Waals surface area (Å²) in [6.45, 7) is 4.10. The molecule has 0 spiro atoms. The summed E-state index contributed by atoms with van der Waals surface area (Å²) in [7, 11) is 0. The highest BCUT2D eigenvalue weighted by Crippen LogP contribution is 2.30. The molecule has 4 nitrogen and oxygen atoms in total. The van der Waals surface area contributed by atoms with E-state index in [1.165, 1.54) is 6.07 Å². The van der Waals surface area contributed by atoms with E-state index in [9.17, 15) is 10.1 Å². The predicted molar refractivity (Wildman–Crippen MR) is 59.8 cm³/mol. The van der Waals surface area contributed by atoms with E-state index in [0.29, 0.717) is 0 Å². The minimum absolute atomic E-state index is 0.0941. The molecule has 1 aliphatic rings. The molecule has 0 bridgehead atoms. The molecule has 0 amide bonds. The molecule has 0 atom stereocenters. The summed E-state index contributed by atoms with van der Waals surface area (Å²) in [5, 5.41) is 13.9. The zero-order chi connectivity index (χ0) is 11.1. The maximum Gasteiger partial charge on any atom is 0.270 e. The Morgan fingerprint density at radius 2 is 2.13 bits per heavy atom. The van der Waals surface area contributed by atoms with Gasteiger partial charge in [0.25, 0.3) is 5.69 Å². The van der Waals surface area contributed by atoms with Gasteiger partial charge in [0.05, 0.1) is 10.5 Å². The van der Waals surface area contributed by atoms with E-state index in [2.05, 4.69) is 5.32 Å². The molecule has 0 radical (unpaired) electrons. The van der Waals surface area contributed by atoms with E-state index in [1.807, 2.05) is 26.0 Å². The van der Waals surface area contributed by atoms with Gasteiger partial charge in [0.1, 0.15) is 0 Å². The third-order valence-corrected chi connectivity index (χ3v) is 2.38. The molecule has 1 aromatic rings. The Balaban J connectivity index is 2.45. The van der Waals surface area contributed by atoms with Gasteiger partial charge in [-0.1, -0.05) is 12.2 Å². The first-order valence-electron chi connectivity index (χ1n) is 4.74. The van der Waals surface area contributed by atoms with E-state index in [-0.39, 0.29) is 16.1 Å². The minimum atomic E-state index is -0.381. The summed E-state index contributed by atoms with van der Waals surface area (Å²) in [5.74, 6) is 0. The third kappa shape index (κ3) is 1.83. The van der Waals surface area contributed by atoms with E-state index in [4.69, 9.17) is 0 Å². The van der Waals surface area contributed by atoms with Crippen LogP contribution in [0.2, 0.25) is 0 Å². The summed E-state index contributed by atoms with van der Waals surface area (Å²) in [6.07, 6.45) is 3.91. The highest BCUT2D eigenvalue weighted by atomic mass is 16.6. The van der Waals surface area contributed by atoms with Crippen LogP contribution >= 0.6 is 0 Å². The van der Waals surface area contributed by atoms with Crippen LogP contribution in [0.15, 0.2) is 24.3 Å². The highest BCUT2D eigenvalue weighted by Gasteiger charge is 2.20. The molecule has 4 heteroatoms. The molecular weight excluding hydrogens is 192 g/mol. The normalized spacial score (nSPS) is 16.7. The van der Waals surface area contributed by atoms with Crippen LogP contribution in [0.1, 0.15) is 19.4 Å². The second-order valence-corrected chi connectivity index (χ2v) is 4.21. The maximum absolute atomic E-state index is 10.6. The summed E-state index contributed by atoms with van der Waals surface area (Å²) in [5.41, 5.74) is 1.83. The standard InChI is InChI=1S/C11H12N2O2/c1-11(2)6-5-8-7-9(13(14)15)3-4-10(8)12-11/h3-7,12H,1-2H3. The Labute approximate surface area is 87.8 Å². The minimum Gasteiger partial charge on any atom is -0.376 e. The van der Waals surface area contributed by atoms with Crippen molar-refractivity contribution < 1.29 is 4.92 Å². The Morgan fingerprint density at radius 3 is 2.80 bits per heavy atom. The second-order valence-electron chi connectivity index (χ2n) is 4.21. The number of fused-ring (bicyclic) bond motifs is 1. The average Bonchev–Trinajstić information content (AvgIpc) is 2.15. The first-order valence-corrected chi connectivity index (χ1v) is 4.74. The average molecular weight is 204 g/mol. The first kappa shape index (κ1) is 9.71. The number of nitrogens with zero attached hydrogens (tertiary/aromatic N) is 1. The zero-order valence-corrected chi connectivity index (χ0v) is 8.65. The molecule has 1 N–H and O–H groups in total. The summed E-state index contributed by atoms with van der Waals surface area (Å²) < 4.78 is 0. The molecule has 0 saturated carbocycles. The molecule has 0 fully saturated rings. The lowest BCUT2D eigenvalue weighted by atomic mass is 9.97. The molecular formula is C11H12N2O2. The molecule has 0 aromatic heterocycles. The van der Waals surface area contributed by atoms with Crippen LogP contribution in [0.4, 0.5) is 11.4 Å². The second kappa shape index (κ2) is 3.08. The van der Waals surface area contributed by atoms with Crippen molar-refractivity contribution in [2.45, 2.75) is 19.4 Å². The number of non-ortho nitro benzene ring substituents is 1. The van der Waals surface area contributed by atoms with Gasteiger partial charge < -0.3 is 5.32 Å². The van der Waals surface area contributed by atoms with E-state index >= 15 is 0 Å². The van der Waals surface area contributed by atoms with Gasteiger partial charge in [-0.15, -0.1) is 0 Å². The van der Waals surface area contributed by atoms with Crippen molar-refractivity contribution in [3.63, 3.8) is 0 Å². The fourth-order valence-corrected chi connectivity index (χ4v) is 1.60. The van der Waals surface area contributed by atoms with Crippen molar-refractivity contribution in [1.82, 2.24) is 0 Å². The molecule has 78 valence electrons. The van der Waals surface area contributed by atoms with Gasteiger partial charge in [-0.25, -0.2) is 0 Å². The zero-order valence-electron chi connectivity index (χ0n) is 8.65. The van der Waals surface area contributed by atoms with E-state index < -0.39 is 0 Å². The molecule has 0 unspecified atom stereocenters. The number of nitro benzene ring substituents is 1. The van der Waals surface area contributed by atoms with E-state index in [1.54, 1.807) is 12.1 Å². The van der Waals surface area contributed by atoms with E-state index in [0.717, 1.165) is 11.3 Å². The number of benzene rings is 1. The van der Waals surface area contributed by atoms with Gasteiger partial charge in [-0.05, 0) is 19.9 Å². The molecule has 2 rings (SSSR count). The lowest BCUT2D eigenvalue weighted by Crippen LogP contribution is -2.30. The molecule has 1 heterocycles. The van der Waals surface area contributed by atoms with Gasteiger partial charge >= 0.3 is 0 Å². The Hall–Kier alpha value is -1.84. The van der Waals surface area contributed by atoms with Gasteiger partial charge in [0.15, 0.2) is 0 Å². The monoisotopic (exact) mass is 204 g/mol. The SMILES string of the molecule is CC1(C)C=Cc2cc([N+](=O)[O-])ccc2N1. The van der Waals surface area contributed by atoms with Crippen molar-refractivity contribution in [2.24, 2.45) is 0 Å². The Morgan fingerprint density at radius 1 is 1.40 bits per heavy atom. The number of nitrogens with one attached hydrogen (secondary N) is 1. The maximum atomic E-state index is 10.6. The Kier molecular flexibility index (Phi) is 2.00. The van der Waals surface area contributed by atoms with Crippen LogP contribution in [0, 0.1) is 10.1 Å². The Bertz CT molecular complexity index is 450. The van der Waals surface area contributed by atoms with Crippen molar-refractivity contribution >= 4 is 17.5 Å². The number of hydrogen-bond acceptors (Lipinski definition) is 3. The smallest absolute Gasteiger partial charge is 0.270 e. The number of hydrogen-bond donors (Lipinski definition) is 1. The molecule has 1 aromatic carbocycles. The summed E-state index contributed by atoms with van der Waals surface area (Å²) in [6, 6.07) is 4.84. The van der Waals surface area contributed by atoms with Gasteiger partial charge in [0.2, 0.25) is 0 Å². The van der Waals surface area contributed by atoms with Crippen molar-refractivity contribution in [3.8, 4) is 0 Å². The number of nitro groups is 1. The molecule has 1 aliphatic heterocycles. The van der Waals surface area contributed by atoms with Crippen LogP contribution < -0.4 is 5.32 Å². The van der Waals surface area contributed by atoms with Crippen LogP contribution in [0.25, 0.3) is 6.08 Å². The topological polar surface area (TPSA) is 55.2 Å². The van der Waals surface area contributed by atoms with Crippen molar-refractivity contribution in [1.29, 1.82) is 0 Å². The lowest BCUT2D eigenvalue weighted by Gasteiger charge is -2.28. The molecule has 0 saturated heterocycles. The van der Waals surface area contributed by atoms with Crippen LogP contribution in [0.3, 0.4) is 0 Å². The van der Waals surface area contributed by atoms with Crippen molar-refractivity contribution in [2.75, 3.05) is 5.32 Å². The fraction of sp³-hybridized carbons (Fsp3) is 0.273. The van der Waals surface area contributed by atoms with Crippen LogP contribution in [-0.4, -0.2) is 10.5 Å². The third-order valence-electron chi connectivity index (χ3n) is 2.38. The van der Waals surface area contributed by atoms with Gasteiger partial charge in [-0.2, -0.15) is 0 Å². The van der Waals surface area contributed by atoms with Gasteiger partial charge in [0, 0.05) is 23.4 Å². The highest BCUT2D eigenvalue weighted by molar-refractivity contribution is 5.74.